The maximum atomic E-state index is 11.3. The van der Waals surface area contributed by atoms with Gasteiger partial charge in [0, 0.05) is 12.1 Å². The summed E-state index contributed by atoms with van der Waals surface area (Å²) in [6.07, 6.45) is 2.92. The molecular formula is C10H19N3O2S. The zero-order valence-corrected chi connectivity index (χ0v) is 10.3. The fourth-order valence-corrected chi connectivity index (χ4v) is 1.99. The van der Waals surface area contributed by atoms with Crippen LogP contribution in [0.3, 0.4) is 0 Å². The fraction of sp³-hybridized carbons (Fsp3) is 0.800. The van der Waals surface area contributed by atoms with Gasteiger partial charge in [0.1, 0.15) is 0 Å². The molecule has 1 fully saturated rings. The monoisotopic (exact) mass is 245 g/mol. The summed E-state index contributed by atoms with van der Waals surface area (Å²) in [4.78, 5) is 22.4. The van der Waals surface area contributed by atoms with Gasteiger partial charge in [0.2, 0.25) is 5.91 Å². The Hall–Kier alpha value is -0.750. The lowest BCUT2D eigenvalue weighted by molar-refractivity contribution is -0.117. The number of rotatable bonds is 6. The Morgan fingerprint density at radius 2 is 2.19 bits per heavy atom. The molecule has 0 saturated heterocycles. The van der Waals surface area contributed by atoms with Crippen LogP contribution in [0.25, 0.3) is 0 Å². The number of carbonyl (C=O) groups is 2. The Bertz CT molecular complexity index is 254. The Labute approximate surface area is 99.9 Å². The van der Waals surface area contributed by atoms with Crippen molar-refractivity contribution >= 4 is 23.7 Å². The molecule has 1 unspecified atom stereocenters. The van der Waals surface area contributed by atoms with Gasteiger partial charge in [-0.2, -0.15) is 11.8 Å². The van der Waals surface area contributed by atoms with Crippen LogP contribution in [-0.2, 0) is 4.79 Å². The van der Waals surface area contributed by atoms with Crippen molar-refractivity contribution in [3.8, 4) is 0 Å². The molecule has 0 aliphatic heterocycles. The van der Waals surface area contributed by atoms with Gasteiger partial charge in [-0.1, -0.05) is 0 Å². The summed E-state index contributed by atoms with van der Waals surface area (Å²) in [6, 6.07) is 0.0626. The third-order valence-corrected chi connectivity index (χ3v) is 3.11. The van der Waals surface area contributed by atoms with E-state index in [2.05, 4.69) is 10.6 Å². The molecule has 0 aromatic carbocycles. The number of urea groups is 1. The summed E-state index contributed by atoms with van der Waals surface area (Å²) >= 11 is 1.49. The molecule has 1 aliphatic rings. The first-order chi connectivity index (χ1) is 7.58. The van der Waals surface area contributed by atoms with Crippen molar-refractivity contribution in [2.24, 2.45) is 5.73 Å². The average Bonchev–Trinajstić information content (AvgIpc) is 2.95. The second-order valence-electron chi connectivity index (χ2n) is 4.11. The van der Waals surface area contributed by atoms with Crippen LogP contribution in [0, 0.1) is 0 Å². The molecule has 1 aliphatic carbocycles. The molecule has 1 saturated carbocycles. The Morgan fingerprint density at radius 1 is 1.50 bits per heavy atom. The number of imide groups is 1. The molecule has 0 heterocycles. The molecule has 0 aromatic rings. The Kier molecular flexibility index (Phi) is 5.62. The van der Waals surface area contributed by atoms with Crippen LogP contribution >= 0.6 is 11.8 Å². The van der Waals surface area contributed by atoms with Gasteiger partial charge < -0.3 is 11.1 Å². The molecule has 6 heteroatoms. The van der Waals surface area contributed by atoms with Crippen LogP contribution in [0.2, 0.25) is 0 Å². The van der Waals surface area contributed by atoms with Gasteiger partial charge in [-0.15, -0.1) is 0 Å². The number of nitrogens with one attached hydrogen (secondary N) is 2. The van der Waals surface area contributed by atoms with Crippen molar-refractivity contribution in [2.75, 3.05) is 11.5 Å². The van der Waals surface area contributed by atoms with Crippen molar-refractivity contribution in [2.45, 2.75) is 38.3 Å². The predicted molar refractivity (Wildman–Crippen MR) is 65.3 cm³/mol. The first-order valence-electron chi connectivity index (χ1n) is 5.51. The van der Waals surface area contributed by atoms with Gasteiger partial charge in [-0.05, 0) is 31.9 Å². The van der Waals surface area contributed by atoms with Gasteiger partial charge in [0.15, 0.2) is 0 Å². The highest BCUT2D eigenvalue weighted by atomic mass is 32.2. The third-order valence-electron chi connectivity index (χ3n) is 2.12. The number of hydrogen-bond donors (Lipinski definition) is 3. The maximum absolute atomic E-state index is 11.3. The molecule has 1 atom stereocenters. The van der Waals surface area contributed by atoms with Crippen molar-refractivity contribution in [3.63, 3.8) is 0 Å². The summed E-state index contributed by atoms with van der Waals surface area (Å²) < 4.78 is 0. The molecular weight excluding hydrogens is 226 g/mol. The first-order valence-corrected chi connectivity index (χ1v) is 6.67. The minimum Gasteiger partial charge on any atom is -0.335 e. The lowest BCUT2D eigenvalue weighted by Crippen LogP contribution is -2.41. The van der Waals surface area contributed by atoms with E-state index in [4.69, 9.17) is 5.73 Å². The van der Waals surface area contributed by atoms with Gasteiger partial charge in [0.05, 0.1) is 5.75 Å². The zero-order chi connectivity index (χ0) is 12.0. The minimum atomic E-state index is -0.375. The number of carbonyl (C=O) groups excluding carboxylic acids is 2. The van der Waals surface area contributed by atoms with E-state index < -0.39 is 0 Å². The predicted octanol–water partition coefficient (Wildman–Crippen LogP) is 0.445. The van der Waals surface area contributed by atoms with E-state index in [1.165, 1.54) is 11.8 Å². The lowest BCUT2D eigenvalue weighted by atomic mass is 10.3. The van der Waals surface area contributed by atoms with Crippen LogP contribution < -0.4 is 16.4 Å². The van der Waals surface area contributed by atoms with Crippen LogP contribution in [0.1, 0.15) is 26.2 Å². The van der Waals surface area contributed by atoms with Crippen molar-refractivity contribution < 1.29 is 9.59 Å². The van der Waals surface area contributed by atoms with Gasteiger partial charge in [-0.25, -0.2) is 4.79 Å². The summed E-state index contributed by atoms with van der Waals surface area (Å²) in [5.41, 5.74) is 5.57. The van der Waals surface area contributed by atoms with Crippen LogP contribution in [0.15, 0.2) is 0 Å². The average molecular weight is 245 g/mol. The van der Waals surface area contributed by atoms with E-state index in [-0.39, 0.29) is 24.0 Å². The highest BCUT2D eigenvalue weighted by Crippen LogP contribution is 2.18. The molecule has 0 bridgehead atoms. The molecule has 0 spiro atoms. The van der Waals surface area contributed by atoms with E-state index in [1.807, 2.05) is 6.92 Å². The van der Waals surface area contributed by atoms with E-state index in [0.717, 1.165) is 25.0 Å². The van der Waals surface area contributed by atoms with E-state index in [9.17, 15) is 9.59 Å². The topological polar surface area (TPSA) is 84.2 Å². The highest BCUT2D eigenvalue weighted by Gasteiger charge is 2.23. The summed E-state index contributed by atoms with van der Waals surface area (Å²) in [5.74, 6) is 0.910. The van der Waals surface area contributed by atoms with Crippen LogP contribution in [-0.4, -0.2) is 35.5 Å². The highest BCUT2D eigenvalue weighted by molar-refractivity contribution is 7.99. The normalized spacial score (nSPS) is 16.6. The largest absolute Gasteiger partial charge is 0.335 e. The molecule has 1 rings (SSSR count). The summed E-state index contributed by atoms with van der Waals surface area (Å²) in [5, 5.41) is 4.99. The van der Waals surface area contributed by atoms with Crippen molar-refractivity contribution in [3.05, 3.63) is 0 Å². The number of thioether (sulfide) groups is 1. The second kappa shape index (κ2) is 6.75. The molecule has 92 valence electrons. The molecule has 16 heavy (non-hydrogen) atoms. The fourth-order valence-electron chi connectivity index (χ4n) is 1.05. The smallest absolute Gasteiger partial charge is 0.321 e. The quantitative estimate of drug-likeness (QED) is 0.593. The van der Waals surface area contributed by atoms with E-state index in [1.54, 1.807) is 0 Å². The molecule has 0 aromatic heterocycles. The molecule has 3 amide bonds. The van der Waals surface area contributed by atoms with Crippen molar-refractivity contribution in [1.29, 1.82) is 0 Å². The minimum absolute atomic E-state index is 0.161. The maximum Gasteiger partial charge on any atom is 0.321 e. The Morgan fingerprint density at radius 3 is 2.75 bits per heavy atom. The van der Waals surface area contributed by atoms with Gasteiger partial charge in [0.25, 0.3) is 0 Å². The number of amides is 3. The van der Waals surface area contributed by atoms with Gasteiger partial charge >= 0.3 is 6.03 Å². The Balaban J connectivity index is 1.98. The van der Waals surface area contributed by atoms with Crippen LogP contribution in [0.4, 0.5) is 4.79 Å². The SMILES string of the molecule is CC(N)CCSCC(=O)NC(=O)NC1CC1. The lowest BCUT2D eigenvalue weighted by Gasteiger charge is -2.06. The number of hydrogen-bond acceptors (Lipinski definition) is 4. The summed E-state index contributed by atoms with van der Waals surface area (Å²) in [6.45, 7) is 1.93. The standard InChI is InChI=1S/C10H19N3O2S/c1-7(11)4-5-16-6-9(14)13-10(15)12-8-2-3-8/h7-8H,2-6,11H2,1H3,(H2,12,13,14,15). The third kappa shape index (κ3) is 6.68. The molecule has 4 N–H and O–H groups in total. The summed E-state index contributed by atoms with van der Waals surface area (Å²) in [7, 11) is 0. The molecule has 5 nitrogen and oxygen atoms in total. The first kappa shape index (κ1) is 13.3. The van der Waals surface area contributed by atoms with Crippen molar-refractivity contribution in [1.82, 2.24) is 10.6 Å². The van der Waals surface area contributed by atoms with Crippen LogP contribution in [0.5, 0.6) is 0 Å². The van der Waals surface area contributed by atoms with E-state index in [0.29, 0.717) is 5.75 Å². The van der Waals surface area contributed by atoms with E-state index >= 15 is 0 Å². The second-order valence-corrected chi connectivity index (χ2v) is 5.22. The molecule has 0 radical (unpaired) electrons. The zero-order valence-electron chi connectivity index (χ0n) is 9.49. The van der Waals surface area contributed by atoms with Gasteiger partial charge in [-0.3, -0.25) is 10.1 Å². The number of nitrogens with two attached hydrogens (primary N) is 1.